The summed E-state index contributed by atoms with van der Waals surface area (Å²) in [5.41, 5.74) is 3.59. The third-order valence-corrected chi connectivity index (χ3v) is 3.20. The molecule has 0 aliphatic carbocycles. The van der Waals surface area contributed by atoms with E-state index in [1.54, 1.807) is 12.4 Å². The van der Waals surface area contributed by atoms with Crippen LogP contribution in [0.15, 0.2) is 47.2 Å². The lowest BCUT2D eigenvalue weighted by molar-refractivity contribution is -0.159. The molecule has 22 heavy (non-hydrogen) atoms. The predicted molar refractivity (Wildman–Crippen MR) is 85.7 cm³/mol. The Morgan fingerprint density at radius 3 is 2.23 bits per heavy atom. The standard InChI is InChI=1S/C13H13BrN2.C2H2O4/c1-10-2-3-13(12(14)8-10)16-9-11-4-6-15-7-5-11;3-1(4)2(5)6/h2-8,16H,9H2,1H3;(H,3,4)(H,5,6). The van der Waals surface area contributed by atoms with Crippen molar-refractivity contribution in [3.63, 3.8) is 0 Å². The van der Waals surface area contributed by atoms with Gasteiger partial charge in [0.2, 0.25) is 0 Å². The molecular formula is C15H15BrN2O4. The zero-order valence-corrected chi connectivity index (χ0v) is 13.4. The van der Waals surface area contributed by atoms with E-state index >= 15 is 0 Å². The number of hydrogen-bond donors (Lipinski definition) is 3. The quantitative estimate of drug-likeness (QED) is 0.722. The number of rotatable bonds is 3. The predicted octanol–water partition coefficient (Wildman–Crippen LogP) is 2.92. The summed E-state index contributed by atoms with van der Waals surface area (Å²) in [6.07, 6.45) is 3.61. The van der Waals surface area contributed by atoms with Crippen molar-refractivity contribution in [2.45, 2.75) is 13.5 Å². The number of nitrogens with zero attached hydrogens (tertiary/aromatic N) is 1. The molecule has 0 amide bonds. The highest BCUT2D eigenvalue weighted by molar-refractivity contribution is 9.10. The molecule has 0 unspecified atom stereocenters. The number of aromatic nitrogens is 1. The van der Waals surface area contributed by atoms with Gasteiger partial charge in [-0.25, -0.2) is 9.59 Å². The molecule has 2 rings (SSSR count). The number of aliphatic carboxylic acids is 2. The molecule has 1 aromatic carbocycles. The summed E-state index contributed by atoms with van der Waals surface area (Å²) in [4.78, 5) is 22.2. The molecule has 0 saturated carbocycles. The van der Waals surface area contributed by atoms with Crippen molar-refractivity contribution in [3.8, 4) is 0 Å². The van der Waals surface area contributed by atoms with Crippen molar-refractivity contribution in [2.24, 2.45) is 0 Å². The van der Waals surface area contributed by atoms with E-state index in [1.807, 2.05) is 12.1 Å². The van der Waals surface area contributed by atoms with E-state index in [9.17, 15) is 0 Å². The first-order valence-electron chi connectivity index (χ1n) is 6.25. The summed E-state index contributed by atoms with van der Waals surface area (Å²) < 4.78 is 1.10. The number of benzene rings is 1. The minimum Gasteiger partial charge on any atom is -0.473 e. The van der Waals surface area contributed by atoms with Gasteiger partial charge in [-0.15, -0.1) is 0 Å². The average molecular weight is 367 g/mol. The Kier molecular flexibility index (Phi) is 7.04. The fourth-order valence-corrected chi connectivity index (χ4v) is 2.09. The molecule has 1 aromatic heterocycles. The van der Waals surface area contributed by atoms with Crippen LogP contribution in [0.4, 0.5) is 5.69 Å². The van der Waals surface area contributed by atoms with Crippen molar-refractivity contribution < 1.29 is 19.8 Å². The van der Waals surface area contributed by atoms with Crippen LogP contribution in [0.1, 0.15) is 11.1 Å². The molecule has 0 radical (unpaired) electrons. The normalized spacial score (nSPS) is 9.36. The smallest absolute Gasteiger partial charge is 0.414 e. The SMILES string of the molecule is Cc1ccc(NCc2ccncc2)c(Br)c1.O=C(O)C(=O)O. The van der Waals surface area contributed by atoms with Crippen molar-refractivity contribution in [1.29, 1.82) is 0 Å². The fraction of sp³-hybridized carbons (Fsp3) is 0.133. The third kappa shape index (κ3) is 6.36. The van der Waals surface area contributed by atoms with Gasteiger partial charge in [-0.2, -0.15) is 0 Å². The van der Waals surface area contributed by atoms with Gasteiger partial charge in [0.05, 0.1) is 0 Å². The van der Waals surface area contributed by atoms with E-state index in [1.165, 1.54) is 11.1 Å². The monoisotopic (exact) mass is 366 g/mol. The maximum absolute atomic E-state index is 9.10. The Balaban J connectivity index is 0.000000346. The van der Waals surface area contributed by atoms with Crippen molar-refractivity contribution in [1.82, 2.24) is 4.98 Å². The first kappa shape index (κ1) is 17.6. The van der Waals surface area contributed by atoms with Gasteiger partial charge < -0.3 is 15.5 Å². The number of hydrogen-bond acceptors (Lipinski definition) is 4. The molecule has 0 atom stereocenters. The lowest BCUT2D eigenvalue weighted by atomic mass is 10.2. The van der Waals surface area contributed by atoms with Crippen molar-refractivity contribution in [3.05, 3.63) is 58.3 Å². The van der Waals surface area contributed by atoms with Crippen LogP contribution in [0.5, 0.6) is 0 Å². The number of aryl methyl sites for hydroxylation is 1. The molecular weight excluding hydrogens is 352 g/mol. The molecule has 1 heterocycles. The van der Waals surface area contributed by atoms with Gasteiger partial charge in [-0.3, -0.25) is 4.98 Å². The van der Waals surface area contributed by atoms with Gasteiger partial charge in [0, 0.05) is 29.1 Å². The molecule has 2 aromatic rings. The summed E-state index contributed by atoms with van der Waals surface area (Å²) >= 11 is 3.55. The van der Waals surface area contributed by atoms with E-state index in [-0.39, 0.29) is 0 Å². The molecule has 0 aliphatic rings. The molecule has 3 N–H and O–H groups in total. The van der Waals surface area contributed by atoms with Crippen LogP contribution in [0.2, 0.25) is 0 Å². The third-order valence-electron chi connectivity index (χ3n) is 2.54. The first-order valence-corrected chi connectivity index (χ1v) is 7.04. The average Bonchev–Trinajstić information content (AvgIpc) is 2.48. The molecule has 0 aliphatic heterocycles. The lowest BCUT2D eigenvalue weighted by Gasteiger charge is -2.09. The molecule has 0 fully saturated rings. The number of halogens is 1. The number of nitrogens with one attached hydrogen (secondary N) is 1. The summed E-state index contributed by atoms with van der Waals surface area (Å²) in [6.45, 7) is 2.89. The summed E-state index contributed by atoms with van der Waals surface area (Å²) in [6, 6.07) is 10.3. The van der Waals surface area contributed by atoms with Crippen LogP contribution < -0.4 is 5.32 Å². The Labute approximate surface area is 136 Å². The van der Waals surface area contributed by atoms with Gasteiger partial charge in [-0.05, 0) is 58.2 Å². The Hall–Kier alpha value is -2.41. The minimum absolute atomic E-state index is 0.810. The second-order valence-electron chi connectivity index (χ2n) is 4.30. The molecule has 7 heteroatoms. The zero-order valence-electron chi connectivity index (χ0n) is 11.8. The highest BCUT2D eigenvalue weighted by Crippen LogP contribution is 2.23. The largest absolute Gasteiger partial charge is 0.473 e. The molecule has 0 spiro atoms. The van der Waals surface area contributed by atoms with Crippen molar-refractivity contribution in [2.75, 3.05) is 5.32 Å². The molecule has 116 valence electrons. The Morgan fingerprint density at radius 1 is 1.14 bits per heavy atom. The number of carbonyl (C=O) groups is 2. The maximum Gasteiger partial charge on any atom is 0.414 e. The van der Waals surface area contributed by atoms with Crippen LogP contribution in [0.25, 0.3) is 0 Å². The van der Waals surface area contributed by atoms with Crippen LogP contribution >= 0.6 is 15.9 Å². The summed E-state index contributed by atoms with van der Waals surface area (Å²) in [7, 11) is 0. The van der Waals surface area contributed by atoms with E-state index in [0.717, 1.165) is 16.7 Å². The van der Waals surface area contributed by atoms with Gasteiger partial charge >= 0.3 is 11.9 Å². The lowest BCUT2D eigenvalue weighted by Crippen LogP contribution is -2.09. The number of carboxylic acids is 2. The summed E-state index contributed by atoms with van der Waals surface area (Å²) in [5, 5.41) is 18.2. The van der Waals surface area contributed by atoms with E-state index < -0.39 is 11.9 Å². The zero-order chi connectivity index (χ0) is 16.5. The van der Waals surface area contributed by atoms with Crippen molar-refractivity contribution >= 4 is 33.6 Å². The summed E-state index contributed by atoms with van der Waals surface area (Å²) in [5.74, 6) is -3.65. The van der Waals surface area contributed by atoms with Crippen LogP contribution in [0, 0.1) is 6.92 Å². The number of carboxylic acid groups (broad SMARTS) is 2. The second-order valence-corrected chi connectivity index (χ2v) is 5.16. The van der Waals surface area contributed by atoms with Gasteiger partial charge in [-0.1, -0.05) is 6.07 Å². The maximum atomic E-state index is 9.10. The van der Waals surface area contributed by atoms with Crippen LogP contribution in [-0.4, -0.2) is 27.1 Å². The Morgan fingerprint density at radius 2 is 1.73 bits per heavy atom. The number of pyridine rings is 1. The highest BCUT2D eigenvalue weighted by atomic mass is 79.9. The topological polar surface area (TPSA) is 99.5 Å². The minimum atomic E-state index is -1.82. The van der Waals surface area contributed by atoms with E-state index in [2.05, 4.69) is 51.4 Å². The Bertz CT molecular complexity index is 635. The van der Waals surface area contributed by atoms with Crippen LogP contribution in [-0.2, 0) is 16.1 Å². The fourth-order valence-electron chi connectivity index (χ4n) is 1.46. The van der Waals surface area contributed by atoms with E-state index in [4.69, 9.17) is 19.8 Å². The van der Waals surface area contributed by atoms with Gasteiger partial charge in [0.1, 0.15) is 0 Å². The number of anilines is 1. The highest BCUT2D eigenvalue weighted by Gasteiger charge is 2.04. The molecule has 0 saturated heterocycles. The van der Waals surface area contributed by atoms with Crippen LogP contribution in [0.3, 0.4) is 0 Å². The van der Waals surface area contributed by atoms with Gasteiger partial charge in [0.15, 0.2) is 0 Å². The second kappa shape index (κ2) is 8.78. The first-order chi connectivity index (χ1) is 10.4. The molecule has 0 bridgehead atoms. The van der Waals surface area contributed by atoms with Gasteiger partial charge in [0.25, 0.3) is 0 Å². The molecule has 6 nitrogen and oxygen atoms in total. The van der Waals surface area contributed by atoms with E-state index in [0.29, 0.717) is 0 Å².